The molecule has 0 aliphatic heterocycles. The molecule has 292 valence electrons. The number of carbonyl (C=O) groups is 2. The van der Waals surface area contributed by atoms with Crippen LogP contribution in [0.25, 0.3) is 0 Å². The van der Waals surface area contributed by atoms with E-state index in [9.17, 15) is 19.3 Å². The van der Waals surface area contributed by atoms with Gasteiger partial charge >= 0.3 is 19.8 Å². The van der Waals surface area contributed by atoms with Gasteiger partial charge in [0.05, 0.1) is 12.7 Å². The minimum absolute atomic E-state index is 0.00286. The van der Waals surface area contributed by atoms with Crippen LogP contribution in [-0.2, 0) is 28.2 Å². The number of aliphatic hydroxyl groups excluding tert-OH is 1. The number of ether oxygens (including phenoxy) is 2. The Morgan fingerprint density at radius 1 is 0.667 bits per heavy atom. The number of hydrogen-bond acceptors (Lipinski definition) is 7. The standard InChI is InChI=1S/C41H69O9P/c1-4-5-6-7-8-9-10-11-12-16-19-22-26-31-38(42)32-27-24-29-34-41(44)50-39(36-49-51(45,46)47)35-48-40(43)33-28-23-20-17-14-13-15-18-21-25-30-37(2)3/h5-6,8-9,11-12,19,22,24,26-27,31,37-39,42H,4,7,10,13-18,20-21,23,25,28-30,32-36H2,1-3H3,(H2,45,46,47)/b6-5-,9-8-,12-11-,22-19-,27-24-,31-26-/t38?,39-/m1/s1. The van der Waals surface area contributed by atoms with E-state index in [1.807, 2.05) is 12.2 Å². The fourth-order valence-electron chi connectivity index (χ4n) is 4.90. The lowest BCUT2D eigenvalue weighted by molar-refractivity contribution is -0.161. The zero-order chi connectivity index (χ0) is 37.8. The highest BCUT2D eigenvalue weighted by Gasteiger charge is 2.22. The first kappa shape index (κ1) is 48.5. The molecule has 0 aromatic heterocycles. The molecule has 9 nitrogen and oxygen atoms in total. The molecule has 2 atom stereocenters. The maximum atomic E-state index is 12.4. The highest BCUT2D eigenvalue weighted by atomic mass is 31.2. The predicted octanol–water partition coefficient (Wildman–Crippen LogP) is 10.3. The Morgan fingerprint density at radius 3 is 1.82 bits per heavy atom. The third kappa shape index (κ3) is 38.5. The van der Waals surface area contributed by atoms with Crippen LogP contribution < -0.4 is 0 Å². The zero-order valence-electron chi connectivity index (χ0n) is 31.7. The van der Waals surface area contributed by atoms with Gasteiger partial charge < -0.3 is 24.4 Å². The van der Waals surface area contributed by atoms with Crippen LogP contribution in [0.3, 0.4) is 0 Å². The number of hydrogen-bond donors (Lipinski definition) is 3. The number of aliphatic hydroxyl groups is 1. The van der Waals surface area contributed by atoms with Crippen LogP contribution in [0.1, 0.15) is 143 Å². The van der Waals surface area contributed by atoms with Crippen LogP contribution in [0, 0.1) is 5.92 Å². The highest BCUT2D eigenvalue weighted by Crippen LogP contribution is 2.36. The third-order valence-corrected chi connectivity index (χ3v) is 8.25. The number of esters is 2. The van der Waals surface area contributed by atoms with Crippen LogP contribution in [0.4, 0.5) is 0 Å². The van der Waals surface area contributed by atoms with Crippen molar-refractivity contribution in [1.82, 2.24) is 0 Å². The van der Waals surface area contributed by atoms with Gasteiger partial charge in [-0.15, -0.1) is 0 Å². The molecule has 0 bridgehead atoms. The molecule has 1 unspecified atom stereocenters. The van der Waals surface area contributed by atoms with Crippen molar-refractivity contribution in [1.29, 1.82) is 0 Å². The summed E-state index contributed by atoms with van der Waals surface area (Å²) in [5.41, 5.74) is 0. The minimum atomic E-state index is -4.80. The molecule has 10 heteroatoms. The molecule has 51 heavy (non-hydrogen) atoms. The first-order valence-corrected chi connectivity index (χ1v) is 20.7. The van der Waals surface area contributed by atoms with E-state index in [2.05, 4.69) is 61.8 Å². The van der Waals surface area contributed by atoms with E-state index in [1.165, 1.54) is 44.9 Å². The number of rotatable bonds is 33. The second-order valence-electron chi connectivity index (χ2n) is 13.2. The number of unbranched alkanes of at least 4 members (excludes halogenated alkanes) is 9. The summed E-state index contributed by atoms with van der Waals surface area (Å²) in [7, 11) is -4.80. The van der Waals surface area contributed by atoms with Crippen LogP contribution in [-0.4, -0.2) is 52.3 Å². The van der Waals surface area contributed by atoms with Crippen molar-refractivity contribution in [3.63, 3.8) is 0 Å². The Morgan fingerprint density at radius 2 is 1.24 bits per heavy atom. The lowest BCUT2D eigenvalue weighted by Gasteiger charge is -2.18. The smallest absolute Gasteiger partial charge is 0.462 e. The van der Waals surface area contributed by atoms with E-state index < -0.39 is 38.6 Å². The fraction of sp³-hybridized carbons (Fsp3) is 0.659. The molecule has 0 saturated heterocycles. The lowest BCUT2D eigenvalue weighted by atomic mass is 10.0. The Balaban J connectivity index is 4.22. The van der Waals surface area contributed by atoms with E-state index in [0.717, 1.165) is 50.9 Å². The van der Waals surface area contributed by atoms with Crippen molar-refractivity contribution < 1.29 is 43.0 Å². The first-order valence-electron chi connectivity index (χ1n) is 19.2. The van der Waals surface area contributed by atoms with Crippen molar-refractivity contribution in [2.24, 2.45) is 5.92 Å². The molecule has 0 fully saturated rings. The zero-order valence-corrected chi connectivity index (χ0v) is 32.6. The van der Waals surface area contributed by atoms with Crippen molar-refractivity contribution in [3.05, 3.63) is 72.9 Å². The normalized spacial score (nSPS) is 14.0. The minimum Gasteiger partial charge on any atom is -0.462 e. The largest absolute Gasteiger partial charge is 0.469 e. The number of phosphoric acid groups is 1. The van der Waals surface area contributed by atoms with Gasteiger partial charge in [-0.2, -0.15) is 0 Å². The average molecular weight is 737 g/mol. The van der Waals surface area contributed by atoms with E-state index in [1.54, 1.807) is 24.3 Å². The summed E-state index contributed by atoms with van der Waals surface area (Å²) in [5, 5.41) is 10.1. The Hall–Kier alpha value is -2.55. The molecule has 0 rings (SSSR count). The number of phosphoric ester groups is 1. The van der Waals surface area contributed by atoms with Crippen molar-refractivity contribution >= 4 is 19.8 Å². The monoisotopic (exact) mass is 736 g/mol. The van der Waals surface area contributed by atoms with Crippen LogP contribution >= 0.6 is 7.82 Å². The molecule has 0 aromatic carbocycles. The maximum absolute atomic E-state index is 12.4. The van der Waals surface area contributed by atoms with Crippen molar-refractivity contribution in [2.45, 2.75) is 155 Å². The molecule has 0 heterocycles. The summed E-state index contributed by atoms with van der Waals surface area (Å²) >= 11 is 0. The van der Waals surface area contributed by atoms with Gasteiger partial charge in [-0.25, -0.2) is 4.57 Å². The van der Waals surface area contributed by atoms with Gasteiger partial charge in [0.15, 0.2) is 6.10 Å². The first-order chi connectivity index (χ1) is 24.5. The van der Waals surface area contributed by atoms with E-state index in [-0.39, 0.29) is 19.4 Å². The fourth-order valence-corrected chi connectivity index (χ4v) is 5.26. The molecule has 0 amide bonds. The van der Waals surface area contributed by atoms with E-state index >= 15 is 0 Å². The lowest BCUT2D eigenvalue weighted by Crippen LogP contribution is -2.29. The molecular weight excluding hydrogens is 667 g/mol. The molecule has 0 aliphatic carbocycles. The molecule has 0 spiro atoms. The Kier molecular flexibility index (Phi) is 32.8. The maximum Gasteiger partial charge on any atom is 0.469 e. The van der Waals surface area contributed by atoms with Gasteiger partial charge in [-0.3, -0.25) is 14.1 Å². The summed E-state index contributed by atoms with van der Waals surface area (Å²) in [6.45, 7) is 5.70. The van der Waals surface area contributed by atoms with Crippen molar-refractivity contribution in [2.75, 3.05) is 13.2 Å². The van der Waals surface area contributed by atoms with Gasteiger partial charge in [0, 0.05) is 12.8 Å². The second-order valence-corrected chi connectivity index (χ2v) is 14.4. The van der Waals surface area contributed by atoms with Gasteiger partial charge in [0.25, 0.3) is 0 Å². The molecule has 0 radical (unpaired) electrons. The summed E-state index contributed by atoms with van der Waals surface area (Å²) in [5.74, 6) is -0.285. The van der Waals surface area contributed by atoms with Gasteiger partial charge in [0.2, 0.25) is 0 Å². The molecule has 0 aromatic rings. The summed E-state index contributed by atoms with van der Waals surface area (Å²) in [4.78, 5) is 42.7. The van der Waals surface area contributed by atoms with E-state index in [0.29, 0.717) is 19.3 Å². The highest BCUT2D eigenvalue weighted by molar-refractivity contribution is 7.46. The van der Waals surface area contributed by atoms with Gasteiger partial charge in [-0.1, -0.05) is 158 Å². The summed E-state index contributed by atoms with van der Waals surface area (Å²) < 4.78 is 26.2. The van der Waals surface area contributed by atoms with E-state index in [4.69, 9.17) is 19.3 Å². The molecule has 3 N–H and O–H groups in total. The average Bonchev–Trinajstić information content (AvgIpc) is 3.07. The van der Waals surface area contributed by atoms with Crippen LogP contribution in [0.5, 0.6) is 0 Å². The number of carbonyl (C=O) groups excluding carboxylic acids is 2. The Bertz CT molecular complexity index is 1080. The molecule has 0 aliphatic rings. The second kappa shape index (κ2) is 34.5. The summed E-state index contributed by atoms with van der Waals surface area (Å²) in [6, 6.07) is 0. The molecular formula is C41H69O9P. The summed E-state index contributed by atoms with van der Waals surface area (Å²) in [6.07, 6.45) is 39.5. The third-order valence-electron chi connectivity index (χ3n) is 7.76. The quantitative estimate of drug-likeness (QED) is 0.0197. The Labute approximate surface area is 309 Å². The van der Waals surface area contributed by atoms with Gasteiger partial charge in [0.1, 0.15) is 6.61 Å². The predicted molar refractivity (Wildman–Crippen MR) is 208 cm³/mol. The number of allylic oxidation sites excluding steroid dienone is 10. The molecule has 0 saturated carbocycles. The van der Waals surface area contributed by atoms with Crippen LogP contribution in [0.15, 0.2) is 72.9 Å². The SMILES string of the molecule is CC/C=C\C/C=C\C/C=C\C/C=C\C=C/C(O)C/C=C\CCC(=O)O[C@H](COC(=O)CCCCCCCCCCCCC(C)C)COP(=O)(O)O. The van der Waals surface area contributed by atoms with Gasteiger partial charge in [-0.05, 0) is 50.9 Å². The van der Waals surface area contributed by atoms with Crippen LogP contribution in [0.2, 0.25) is 0 Å². The topological polar surface area (TPSA) is 140 Å². The van der Waals surface area contributed by atoms with Crippen molar-refractivity contribution in [3.8, 4) is 0 Å².